The molecule has 2 N–H and O–H groups in total. The first kappa shape index (κ1) is 16.5. The number of rotatable bonds is 8. The Morgan fingerprint density at radius 3 is 2.59 bits per heavy atom. The van der Waals surface area contributed by atoms with Crippen LogP contribution in [0.2, 0.25) is 0 Å². The first-order chi connectivity index (χ1) is 10.8. The zero-order valence-electron chi connectivity index (χ0n) is 13.8. The van der Waals surface area contributed by atoms with Crippen LogP contribution in [0.15, 0.2) is 23.2 Å². The molecule has 2 rings (SSSR count). The van der Waals surface area contributed by atoms with Crippen LogP contribution in [0, 0.1) is 5.92 Å². The van der Waals surface area contributed by atoms with Crippen LogP contribution in [-0.4, -0.2) is 33.8 Å². The molecular formula is C17H27N3O2. The minimum Gasteiger partial charge on any atom is -0.493 e. The van der Waals surface area contributed by atoms with E-state index in [4.69, 9.17) is 9.47 Å². The number of benzene rings is 1. The maximum absolute atomic E-state index is 5.32. The Kier molecular flexibility index (Phi) is 6.37. The van der Waals surface area contributed by atoms with Crippen molar-refractivity contribution in [3.05, 3.63) is 23.8 Å². The van der Waals surface area contributed by atoms with Gasteiger partial charge < -0.3 is 20.1 Å². The normalized spacial score (nSPS) is 14.6. The van der Waals surface area contributed by atoms with Gasteiger partial charge in [-0.2, -0.15) is 0 Å². The number of hydrogen-bond donors (Lipinski definition) is 2. The number of hydrogen-bond acceptors (Lipinski definition) is 3. The van der Waals surface area contributed by atoms with Crippen LogP contribution in [0.25, 0.3) is 0 Å². The smallest absolute Gasteiger partial charge is 0.191 e. The van der Waals surface area contributed by atoms with Crippen molar-refractivity contribution in [2.45, 2.75) is 32.2 Å². The molecule has 1 saturated carbocycles. The average molecular weight is 305 g/mol. The summed E-state index contributed by atoms with van der Waals surface area (Å²) in [6.45, 7) is 1.67. The Morgan fingerprint density at radius 1 is 1.18 bits per heavy atom. The van der Waals surface area contributed by atoms with Crippen molar-refractivity contribution in [3.8, 4) is 11.5 Å². The summed E-state index contributed by atoms with van der Waals surface area (Å²) in [4.78, 5) is 4.25. The number of guanidine groups is 1. The Labute approximate surface area is 133 Å². The predicted molar refractivity (Wildman–Crippen MR) is 89.7 cm³/mol. The van der Waals surface area contributed by atoms with Gasteiger partial charge in [0.2, 0.25) is 0 Å². The summed E-state index contributed by atoms with van der Waals surface area (Å²) in [6.07, 6.45) is 5.39. The molecule has 22 heavy (non-hydrogen) atoms. The Hall–Kier alpha value is -1.91. The second kappa shape index (κ2) is 8.51. The molecule has 0 radical (unpaired) electrons. The Bertz CT molecular complexity index is 499. The first-order valence-electron chi connectivity index (χ1n) is 7.92. The summed E-state index contributed by atoms with van der Waals surface area (Å²) in [5.41, 5.74) is 1.12. The van der Waals surface area contributed by atoms with Crippen LogP contribution >= 0.6 is 0 Å². The fourth-order valence-corrected chi connectivity index (χ4v) is 2.40. The molecule has 1 aromatic carbocycles. The molecule has 0 amide bonds. The van der Waals surface area contributed by atoms with Gasteiger partial charge in [0.15, 0.2) is 17.5 Å². The molecule has 0 heterocycles. The van der Waals surface area contributed by atoms with Gasteiger partial charge in [0.1, 0.15) is 0 Å². The van der Waals surface area contributed by atoms with E-state index >= 15 is 0 Å². The van der Waals surface area contributed by atoms with E-state index in [1.54, 1.807) is 21.3 Å². The third-order valence-electron chi connectivity index (χ3n) is 3.91. The molecule has 122 valence electrons. The lowest BCUT2D eigenvalue weighted by atomic mass is 10.2. The van der Waals surface area contributed by atoms with Crippen molar-refractivity contribution < 1.29 is 9.47 Å². The van der Waals surface area contributed by atoms with Crippen LogP contribution in [0.5, 0.6) is 11.5 Å². The van der Waals surface area contributed by atoms with Crippen molar-refractivity contribution in [1.29, 1.82) is 0 Å². The maximum Gasteiger partial charge on any atom is 0.191 e. The molecule has 1 aromatic rings. The largest absolute Gasteiger partial charge is 0.493 e. The van der Waals surface area contributed by atoms with Crippen LogP contribution < -0.4 is 20.1 Å². The highest BCUT2D eigenvalue weighted by atomic mass is 16.5. The van der Waals surface area contributed by atoms with Crippen molar-refractivity contribution in [2.24, 2.45) is 10.9 Å². The van der Waals surface area contributed by atoms with Crippen molar-refractivity contribution in [1.82, 2.24) is 10.6 Å². The standard InChI is InChI=1S/C17H27N3O2/c1-18-17(19-10-4-5-13-6-7-13)20-12-14-8-9-15(21-2)16(11-14)22-3/h8-9,11,13H,4-7,10,12H2,1-3H3,(H2,18,19,20). The number of nitrogens with zero attached hydrogens (tertiary/aromatic N) is 1. The van der Waals surface area contributed by atoms with Crippen LogP contribution in [0.1, 0.15) is 31.2 Å². The molecule has 0 bridgehead atoms. The third-order valence-corrected chi connectivity index (χ3v) is 3.91. The summed E-state index contributed by atoms with van der Waals surface area (Å²) < 4.78 is 10.6. The highest BCUT2D eigenvalue weighted by Gasteiger charge is 2.19. The molecule has 5 nitrogen and oxygen atoms in total. The molecular weight excluding hydrogens is 278 g/mol. The lowest BCUT2D eigenvalue weighted by molar-refractivity contribution is 0.354. The predicted octanol–water partition coefficient (Wildman–Crippen LogP) is 2.56. The molecule has 1 fully saturated rings. The van der Waals surface area contributed by atoms with Crippen molar-refractivity contribution in [2.75, 3.05) is 27.8 Å². The molecule has 1 aliphatic rings. The zero-order chi connectivity index (χ0) is 15.8. The van der Waals surface area contributed by atoms with Crippen molar-refractivity contribution >= 4 is 5.96 Å². The summed E-state index contributed by atoms with van der Waals surface area (Å²) >= 11 is 0. The monoisotopic (exact) mass is 305 g/mol. The molecule has 1 aliphatic carbocycles. The highest BCUT2D eigenvalue weighted by Crippen LogP contribution is 2.33. The van der Waals surface area contributed by atoms with Gasteiger partial charge in [0.25, 0.3) is 0 Å². The molecule has 0 atom stereocenters. The molecule has 0 saturated heterocycles. The second-order valence-electron chi connectivity index (χ2n) is 5.63. The molecule has 0 unspecified atom stereocenters. The van der Waals surface area contributed by atoms with Gasteiger partial charge in [0.05, 0.1) is 14.2 Å². The fourth-order valence-electron chi connectivity index (χ4n) is 2.40. The van der Waals surface area contributed by atoms with Crippen LogP contribution in [0.3, 0.4) is 0 Å². The quantitative estimate of drug-likeness (QED) is 0.440. The van der Waals surface area contributed by atoms with Gasteiger partial charge in [-0.25, -0.2) is 0 Å². The van der Waals surface area contributed by atoms with Crippen molar-refractivity contribution in [3.63, 3.8) is 0 Å². The van der Waals surface area contributed by atoms with E-state index in [0.29, 0.717) is 6.54 Å². The second-order valence-corrected chi connectivity index (χ2v) is 5.63. The van der Waals surface area contributed by atoms with E-state index in [2.05, 4.69) is 15.6 Å². The van der Waals surface area contributed by atoms with E-state index in [0.717, 1.165) is 35.5 Å². The van der Waals surface area contributed by atoms with E-state index < -0.39 is 0 Å². The average Bonchev–Trinajstić information content (AvgIpc) is 3.38. The highest BCUT2D eigenvalue weighted by molar-refractivity contribution is 5.79. The minimum absolute atomic E-state index is 0.697. The number of aliphatic imine (C=N–C) groups is 1. The zero-order valence-corrected chi connectivity index (χ0v) is 13.8. The lowest BCUT2D eigenvalue weighted by Gasteiger charge is -2.13. The first-order valence-corrected chi connectivity index (χ1v) is 7.92. The van der Waals surface area contributed by atoms with Gasteiger partial charge in [-0.1, -0.05) is 18.9 Å². The van der Waals surface area contributed by atoms with E-state index in [1.165, 1.54) is 25.7 Å². The van der Waals surface area contributed by atoms with E-state index in [9.17, 15) is 0 Å². The number of methoxy groups -OCH3 is 2. The summed E-state index contributed by atoms with van der Waals surface area (Å²) in [7, 11) is 5.09. The SMILES string of the molecule is CN=C(NCCCC1CC1)NCc1ccc(OC)c(OC)c1. The number of ether oxygens (including phenoxy) is 2. The minimum atomic E-state index is 0.697. The van der Waals surface area contributed by atoms with Gasteiger partial charge in [-0.05, 0) is 36.5 Å². The van der Waals surface area contributed by atoms with Crippen LogP contribution in [0.4, 0.5) is 0 Å². The molecule has 0 aromatic heterocycles. The van der Waals surface area contributed by atoms with Gasteiger partial charge >= 0.3 is 0 Å². The topological polar surface area (TPSA) is 54.9 Å². The van der Waals surface area contributed by atoms with Gasteiger partial charge in [-0.3, -0.25) is 4.99 Å². The summed E-state index contributed by atoms with van der Waals surface area (Å²) in [5.74, 6) is 3.32. The van der Waals surface area contributed by atoms with E-state index in [-0.39, 0.29) is 0 Å². The van der Waals surface area contributed by atoms with Gasteiger partial charge in [-0.15, -0.1) is 0 Å². The van der Waals surface area contributed by atoms with Gasteiger partial charge in [0, 0.05) is 20.1 Å². The molecule has 0 spiro atoms. The maximum atomic E-state index is 5.32. The summed E-state index contributed by atoms with van der Waals surface area (Å²) in [5, 5.41) is 6.68. The molecule has 5 heteroatoms. The third kappa shape index (κ3) is 5.13. The Morgan fingerprint density at radius 2 is 1.95 bits per heavy atom. The number of nitrogens with one attached hydrogen (secondary N) is 2. The Balaban J connectivity index is 1.76. The summed E-state index contributed by atoms with van der Waals surface area (Å²) in [6, 6.07) is 5.92. The lowest BCUT2D eigenvalue weighted by Crippen LogP contribution is -2.37. The fraction of sp³-hybridized carbons (Fsp3) is 0.588. The van der Waals surface area contributed by atoms with E-state index in [1.807, 2.05) is 18.2 Å². The molecule has 0 aliphatic heterocycles. The van der Waals surface area contributed by atoms with Crippen LogP contribution in [-0.2, 0) is 6.54 Å².